The third-order valence-corrected chi connectivity index (χ3v) is 4.17. The monoisotopic (exact) mass is 340 g/mol. The molecule has 25 heavy (non-hydrogen) atoms. The summed E-state index contributed by atoms with van der Waals surface area (Å²) in [4.78, 5) is 2.28. The molecule has 8 heteroatoms. The van der Waals surface area contributed by atoms with Crippen LogP contribution in [0.1, 0.15) is 30.6 Å². The topological polar surface area (TPSA) is 82.1 Å². The minimum atomic E-state index is -0.224. The first kappa shape index (κ1) is 15.9. The number of benzene rings is 1. The molecule has 1 fully saturated rings. The summed E-state index contributed by atoms with van der Waals surface area (Å²) < 4.78 is 13.5. The fourth-order valence-electron chi connectivity index (χ4n) is 3.12. The molecule has 0 bridgehead atoms. The lowest BCUT2D eigenvalue weighted by Crippen LogP contribution is -2.42. The van der Waals surface area contributed by atoms with Gasteiger partial charge in [0, 0.05) is 25.7 Å². The maximum absolute atomic E-state index is 5.97. The van der Waals surface area contributed by atoms with Crippen molar-refractivity contribution in [1.29, 1.82) is 0 Å². The van der Waals surface area contributed by atoms with Crippen molar-refractivity contribution >= 4 is 0 Å². The summed E-state index contributed by atoms with van der Waals surface area (Å²) in [5, 5.41) is 16.4. The van der Waals surface area contributed by atoms with Crippen LogP contribution in [0.4, 0.5) is 0 Å². The highest BCUT2D eigenvalue weighted by atomic mass is 16.5. The molecule has 3 aromatic rings. The molecule has 3 heterocycles. The molecule has 0 aliphatic carbocycles. The molecule has 130 valence electrons. The van der Waals surface area contributed by atoms with Gasteiger partial charge >= 0.3 is 0 Å². The molecule has 0 unspecified atom stereocenters. The van der Waals surface area contributed by atoms with Gasteiger partial charge in [-0.05, 0) is 19.1 Å². The summed E-state index contributed by atoms with van der Waals surface area (Å²) in [7, 11) is 0. The quantitative estimate of drug-likeness (QED) is 0.717. The first-order valence-electron chi connectivity index (χ1n) is 8.31. The molecule has 8 nitrogen and oxygen atoms in total. The van der Waals surface area contributed by atoms with Gasteiger partial charge in [-0.15, -0.1) is 20.4 Å². The van der Waals surface area contributed by atoms with Gasteiger partial charge in [-0.25, -0.2) is 0 Å². The Morgan fingerprint density at radius 3 is 2.72 bits per heavy atom. The second kappa shape index (κ2) is 6.73. The van der Waals surface area contributed by atoms with E-state index in [0.717, 1.165) is 18.1 Å². The van der Waals surface area contributed by atoms with Gasteiger partial charge in [0.2, 0.25) is 11.8 Å². The molecule has 1 aromatic carbocycles. The minimum absolute atomic E-state index is 0.0686. The average molecular weight is 340 g/mol. The van der Waals surface area contributed by atoms with Crippen LogP contribution in [-0.4, -0.2) is 49.1 Å². The van der Waals surface area contributed by atoms with E-state index in [4.69, 9.17) is 9.15 Å². The number of para-hydroxylation sites is 1. The van der Waals surface area contributed by atoms with Crippen molar-refractivity contribution in [3.8, 4) is 5.69 Å². The highest BCUT2D eigenvalue weighted by Crippen LogP contribution is 2.25. The molecular formula is C17H20N6O2. The molecule has 0 radical (unpaired) electrons. The van der Waals surface area contributed by atoms with Crippen molar-refractivity contribution in [3.05, 3.63) is 54.3 Å². The molecule has 0 amide bonds. The van der Waals surface area contributed by atoms with Crippen molar-refractivity contribution in [1.82, 2.24) is 29.9 Å². The van der Waals surface area contributed by atoms with Crippen LogP contribution < -0.4 is 0 Å². The van der Waals surface area contributed by atoms with E-state index in [-0.39, 0.29) is 12.2 Å². The Morgan fingerprint density at radius 2 is 1.96 bits per heavy atom. The van der Waals surface area contributed by atoms with Crippen LogP contribution in [-0.2, 0) is 11.3 Å². The second-order valence-corrected chi connectivity index (χ2v) is 6.24. The summed E-state index contributed by atoms with van der Waals surface area (Å²) in [6, 6.07) is 10.1. The SMILES string of the molecule is Cc1nnc([C@H]2CN(Cc3nncn3-c3ccccc3)C[C@@H](C)O2)o1. The van der Waals surface area contributed by atoms with E-state index < -0.39 is 0 Å². The molecule has 1 aliphatic heterocycles. The van der Waals surface area contributed by atoms with Gasteiger partial charge in [-0.3, -0.25) is 9.47 Å². The maximum Gasteiger partial charge on any atom is 0.246 e. The predicted molar refractivity (Wildman–Crippen MR) is 89.0 cm³/mol. The summed E-state index contributed by atoms with van der Waals surface area (Å²) in [5.74, 6) is 1.96. The Hall–Kier alpha value is -2.58. The van der Waals surface area contributed by atoms with Crippen LogP contribution >= 0.6 is 0 Å². The van der Waals surface area contributed by atoms with Gasteiger partial charge in [0.1, 0.15) is 12.4 Å². The summed E-state index contributed by atoms with van der Waals surface area (Å²) in [5.41, 5.74) is 1.05. The molecule has 2 aromatic heterocycles. The van der Waals surface area contributed by atoms with Crippen LogP contribution in [0.15, 0.2) is 41.1 Å². The van der Waals surface area contributed by atoms with E-state index in [1.54, 1.807) is 13.3 Å². The Bertz CT molecular complexity index is 831. The second-order valence-electron chi connectivity index (χ2n) is 6.24. The molecular weight excluding hydrogens is 320 g/mol. The number of morpholine rings is 1. The van der Waals surface area contributed by atoms with Crippen molar-refractivity contribution in [2.24, 2.45) is 0 Å². The first-order valence-corrected chi connectivity index (χ1v) is 8.31. The van der Waals surface area contributed by atoms with E-state index in [2.05, 4.69) is 25.3 Å². The van der Waals surface area contributed by atoms with E-state index in [0.29, 0.717) is 24.9 Å². The summed E-state index contributed by atoms with van der Waals surface area (Å²) >= 11 is 0. The lowest BCUT2D eigenvalue weighted by molar-refractivity contribution is -0.0924. The third-order valence-electron chi connectivity index (χ3n) is 4.17. The Morgan fingerprint density at radius 1 is 1.12 bits per heavy atom. The molecule has 0 N–H and O–H groups in total. The van der Waals surface area contributed by atoms with Gasteiger partial charge in [-0.1, -0.05) is 18.2 Å². The smallest absolute Gasteiger partial charge is 0.246 e. The lowest BCUT2D eigenvalue weighted by Gasteiger charge is -2.34. The van der Waals surface area contributed by atoms with Gasteiger partial charge in [-0.2, -0.15) is 0 Å². The van der Waals surface area contributed by atoms with Gasteiger partial charge in [0.05, 0.1) is 12.6 Å². The number of aromatic nitrogens is 5. The Labute approximate surface area is 145 Å². The standard InChI is InChI=1S/C17H20N6O2/c1-12-8-22(9-15(24-12)17-21-19-13(2)25-17)10-16-20-18-11-23(16)14-6-4-3-5-7-14/h3-7,11-12,15H,8-10H2,1-2H3/t12-,15-/m1/s1. The number of hydrogen-bond donors (Lipinski definition) is 0. The average Bonchev–Trinajstić information content (AvgIpc) is 3.24. The normalized spacial score (nSPS) is 21.5. The third kappa shape index (κ3) is 3.45. The van der Waals surface area contributed by atoms with Gasteiger partial charge < -0.3 is 9.15 Å². The Balaban J connectivity index is 1.52. The van der Waals surface area contributed by atoms with Gasteiger partial charge in [0.25, 0.3) is 0 Å². The van der Waals surface area contributed by atoms with Crippen LogP contribution in [0.5, 0.6) is 0 Å². The number of rotatable bonds is 4. The van der Waals surface area contributed by atoms with Crippen molar-refractivity contribution in [3.63, 3.8) is 0 Å². The fraction of sp³-hybridized carbons (Fsp3) is 0.412. The predicted octanol–water partition coefficient (Wildman–Crippen LogP) is 1.92. The zero-order valence-corrected chi connectivity index (χ0v) is 14.2. The van der Waals surface area contributed by atoms with E-state index in [9.17, 15) is 0 Å². The van der Waals surface area contributed by atoms with Crippen molar-refractivity contribution in [2.45, 2.75) is 32.6 Å². The zero-order valence-electron chi connectivity index (χ0n) is 14.2. The highest BCUT2D eigenvalue weighted by Gasteiger charge is 2.30. The van der Waals surface area contributed by atoms with Crippen LogP contribution in [0.25, 0.3) is 5.69 Å². The molecule has 1 aliphatic rings. The van der Waals surface area contributed by atoms with E-state index >= 15 is 0 Å². The lowest BCUT2D eigenvalue weighted by atomic mass is 10.2. The number of nitrogens with zero attached hydrogens (tertiary/aromatic N) is 6. The number of ether oxygens (including phenoxy) is 1. The van der Waals surface area contributed by atoms with E-state index in [1.165, 1.54) is 0 Å². The highest BCUT2D eigenvalue weighted by molar-refractivity contribution is 5.31. The van der Waals surface area contributed by atoms with Crippen LogP contribution in [0, 0.1) is 6.92 Å². The molecule has 4 rings (SSSR count). The largest absolute Gasteiger partial charge is 0.423 e. The molecule has 1 saturated heterocycles. The summed E-state index contributed by atoms with van der Waals surface area (Å²) in [6.07, 6.45) is 1.59. The molecule has 0 saturated carbocycles. The minimum Gasteiger partial charge on any atom is -0.423 e. The molecule has 0 spiro atoms. The fourth-order valence-corrected chi connectivity index (χ4v) is 3.12. The zero-order chi connectivity index (χ0) is 17.2. The number of hydrogen-bond acceptors (Lipinski definition) is 7. The van der Waals surface area contributed by atoms with Crippen LogP contribution in [0.2, 0.25) is 0 Å². The maximum atomic E-state index is 5.97. The summed E-state index contributed by atoms with van der Waals surface area (Å²) in [6.45, 7) is 5.98. The van der Waals surface area contributed by atoms with Crippen LogP contribution in [0.3, 0.4) is 0 Å². The van der Waals surface area contributed by atoms with Gasteiger partial charge in [0.15, 0.2) is 5.82 Å². The van der Waals surface area contributed by atoms with Crippen molar-refractivity contribution < 1.29 is 9.15 Å². The number of aryl methyl sites for hydroxylation is 1. The first-order chi connectivity index (χ1) is 12.2. The van der Waals surface area contributed by atoms with Crippen molar-refractivity contribution in [2.75, 3.05) is 13.1 Å². The van der Waals surface area contributed by atoms with E-state index in [1.807, 2.05) is 41.8 Å². The molecule has 2 atom stereocenters. The Kier molecular flexibility index (Phi) is 4.29.